The van der Waals surface area contributed by atoms with Gasteiger partial charge in [0, 0.05) is 18.7 Å². The molecule has 0 aliphatic carbocycles. The van der Waals surface area contributed by atoms with Gasteiger partial charge in [-0.05, 0) is 18.6 Å². The third kappa shape index (κ3) is 2.42. The lowest BCUT2D eigenvalue weighted by Crippen LogP contribution is -2.53. The van der Waals surface area contributed by atoms with Crippen molar-refractivity contribution < 1.29 is 19.4 Å². The minimum atomic E-state index is -0.995. The Kier molecular flexibility index (Phi) is 3.28. The molecule has 0 bridgehead atoms. The molecule has 0 aromatic rings. The Morgan fingerprint density at radius 2 is 2.38 bits per heavy atom. The number of carboxylic acid groups (broad SMARTS) is 1. The topological polar surface area (TPSA) is 66.8 Å². The molecule has 16 heavy (non-hydrogen) atoms. The highest BCUT2D eigenvalue weighted by Gasteiger charge is 2.42. The normalized spacial score (nSPS) is 30.2. The van der Waals surface area contributed by atoms with E-state index in [-0.39, 0.29) is 12.1 Å². The van der Waals surface area contributed by atoms with E-state index in [1.807, 2.05) is 0 Å². The Hall–Kier alpha value is -0.910. The van der Waals surface area contributed by atoms with Crippen molar-refractivity contribution in [1.29, 1.82) is 0 Å². The van der Waals surface area contributed by atoms with E-state index < -0.39 is 12.1 Å². The van der Waals surface area contributed by atoms with Crippen molar-refractivity contribution in [2.45, 2.75) is 24.9 Å². The van der Waals surface area contributed by atoms with E-state index in [0.29, 0.717) is 6.54 Å². The SMILES string of the molecule is O=C(O)CN1CCC2(CCCSC2)OC1=O. The van der Waals surface area contributed by atoms with Crippen molar-refractivity contribution >= 4 is 23.8 Å². The molecule has 2 fully saturated rings. The van der Waals surface area contributed by atoms with E-state index in [9.17, 15) is 9.59 Å². The van der Waals surface area contributed by atoms with Gasteiger partial charge in [-0.15, -0.1) is 0 Å². The van der Waals surface area contributed by atoms with Crippen LogP contribution in [0.5, 0.6) is 0 Å². The van der Waals surface area contributed by atoms with Gasteiger partial charge in [0.25, 0.3) is 0 Å². The molecule has 0 radical (unpaired) electrons. The first-order valence-corrected chi connectivity index (χ1v) is 6.54. The van der Waals surface area contributed by atoms with Gasteiger partial charge < -0.3 is 9.84 Å². The molecule has 2 aliphatic heterocycles. The van der Waals surface area contributed by atoms with Crippen LogP contribution in [0, 0.1) is 0 Å². The van der Waals surface area contributed by atoms with Gasteiger partial charge >= 0.3 is 12.1 Å². The molecule has 0 saturated carbocycles. The number of carbonyl (C=O) groups is 2. The maximum Gasteiger partial charge on any atom is 0.410 e. The number of nitrogens with zero attached hydrogens (tertiary/aromatic N) is 1. The van der Waals surface area contributed by atoms with E-state index in [2.05, 4.69) is 0 Å². The van der Waals surface area contributed by atoms with E-state index >= 15 is 0 Å². The highest BCUT2D eigenvalue weighted by molar-refractivity contribution is 7.99. The second-order valence-corrected chi connectivity index (χ2v) is 5.38. The van der Waals surface area contributed by atoms with Crippen molar-refractivity contribution in [3.05, 3.63) is 0 Å². The third-order valence-corrected chi connectivity index (χ3v) is 4.32. The van der Waals surface area contributed by atoms with Gasteiger partial charge in [0.05, 0.1) is 0 Å². The van der Waals surface area contributed by atoms with Crippen LogP contribution in [0.3, 0.4) is 0 Å². The van der Waals surface area contributed by atoms with Gasteiger partial charge in [0.2, 0.25) is 0 Å². The number of carbonyl (C=O) groups excluding carboxylic acids is 1. The zero-order chi connectivity index (χ0) is 11.6. The second-order valence-electron chi connectivity index (χ2n) is 4.27. The summed E-state index contributed by atoms with van der Waals surface area (Å²) in [4.78, 5) is 23.4. The average Bonchev–Trinajstić information content (AvgIpc) is 2.23. The number of hydrogen-bond acceptors (Lipinski definition) is 4. The summed E-state index contributed by atoms with van der Waals surface area (Å²) < 4.78 is 5.43. The van der Waals surface area contributed by atoms with Crippen LogP contribution in [0.4, 0.5) is 4.79 Å². The standard InChI is InChI=1S/C10H15NO4S/c12-8(13)6-11-4-3-10(15-9(11)14)2-1-5-16-7-10/h1-7H2,(H,12,13). The molecule has 2 aliphatic rings. The van der Waals surface area contributed by atoms with Gasteiger partial charge in [0.15, 0.2) is 0 Å². The molecular formula is C10H15NO4S. The van der Waals surface area contributed by atoms with Crippen LogP contribution in [0.15, 0.2) is 0 Å². The van der Waals surface area contributed by atoms with Crippen LogP contribution in [-0.2, 0) is 9.53 Å². The van der Waals surface area contributed by atoms with Crippen molar-refractivity contribution in [2.75, 3.05) is 24.6 Å². The Labute approximate surface area is 98.1 Å². The molecular weight excluding hydrogens is 230 g/mol. The van der Waals surface area contributed by atoms with Crippen LogP contribution in [-0.4, -0.2) is 52.3 Å². The molecule has 1 N–H and O–H groups in total. The lowest BCUT2D eigenvalue weighted by Gasteiger charge is -2.42. The molecule has 1 amide bonds. The minimum Gasteiger partial charge on any atom is -0.480 e. The van der Waals surface area contributed by atoms with E-state index in [1.54, 1.807) is 11.8 Å². The summed E-state index contributed by atoms with van der Waals surface area (Å²) in [6, 6.07) is 0. The van der Waals surface area contributed by atoms with E-state index in [1.165, 1.54) is 4.90 Å². The predicted molar refractivity (Wildman–Crippen MR) is 59.6 cm³/mol. The fourth-order valence-electron chi connectivity index (χ4n) is 2.14. The summed E-state index contributed by atoms with van der Waals surface area (Å²) in [5.41, 5.74) is -0.324. The highest BCUT2D eigenvalue weighted by Crippen LogP contribution is 2.35. The molecule has 0 aromatic carbocycles. The third-order valence-electron chi connectivity index (χ3n) is 3.01. The molecule has 6 heteroatoms. The van der Waals surface area contributed by atoms with Gasteiger partial charge in [-0.25, -0.2) is 4.79 Å². The van der Waals surface area contributed by atoms with E-state index in [4.69, 9.17) is 9.84 Å². The van der Waals surface area contributed by atoms with Crippen molar-refractivity contribution in [2.24, 2.45) is 0 Å². The summed E-state index contributed by atoms with van der Waals surface area (Å²) in [7, 11) is 0. The zero-order valence-corrected chi connectivity index (χ0v) is 9.79. The Balaban J connectivity index is 1.96. The number of thioether (sulfide) groups is 1. The van der Waals surface area contributed by atoms with E-state index in [0.717, 1.165) is 30.8 Å². The lowest BCUT2D eigenvalue weighted by atomic mass is 9.94. The largest absolute Gasteiger partial charge is 0.480 e. The maximum atomic E-state index is 11.6. The van der Waals surface area contributed by atoms with Gasteiger partial charge in [0.1, 0.15) is 12.1 Å². The number of hydrogen-bond donors (Lipinski definition) is 1. The second kappa shape index (κ2) is 4.53. The monoisotopic (exact) mass is 245 g/mol. The Morgan fingerprint density at radius 1 is 1.56 bits per heavy atom. The predicted octanol–water partition coefficient (Wildman–Crippen LogP) is 1.18. The molecule has 2 saturated heterocycles. The molecule has 2 rings (SSSR count). The smallest absolute Gasteiger partial charge is 0.410 e. The van der Waals surface area contributed by atoms with Crippen LogP contribution >= 0.6 is 11.8 Å². The van der Waals surface area contributed by atoms with Gasteiger partial charge in [-0.3, -0.25) is 9.69 Å². The quantitative estimate of drug-likeness (QED) is 0.791. The molecule has 1 unspecified atom stereocenters. The number of ether oxygens (including phenoxy) is 1. The van der Waals surface area contributed by atoms with Crippen LogP contribution in [0.25, 0.3) is 0 Å². The molecule has 1 atom stereocenters. The minimum absolute atomic E-state index is 0.262. The fourth-order valence-corrected chi connectivity index (χ4v) is 3.35. The molecule has 0 aromatic heterocycles. The highest BCUT2D eigenvalue weighted by atomic mass is 32.2. The summed E-state index contributed by atoms with van der Waals surface area (Å²) in [5, 5.41) is 8.63. The molecule has 90 valence electrons. The number of amides is 1. The Morgan fingerprint density at radius 3 is 2.94 bits per heavy atom. The Bertz CT molecular complexity index is 301. The summed E-state index contributed by atoms with van der Waals surface area (Å²) in [5.74, 6) is 0.976. The fraction of sp³-hybridized carbons (Fsp3) is 0.800. The van der Waals surface area contributed by atoms with Crippen LogP contribution < -0.4 is 0 Å². The maximum absolute atomic E-state index is 11.6. The summed E-state index contributed by atoms with van der Waals surface area (Å²) >= 11 is 1.81. The van der Waals surface area contributed by atoms with Crippen LogP contribution in [0.2, 0.25) is 0 Å². The van der Waals surface area contributed by atoms with Crippen molar-refractivity contribution in [3.8, 4) is 0 Å². The average molecular weight is 245 g/mol. The molecule has 5 nitrogen and oxygen atoms in total. The molecule has 1 spiro atoms. The first kappa shape index (κ1) is 11.6. The first-order valence-electron chi connectivity index (χ1n) is 5.39. The summed E-state index contributed by atoms with van der Waals surface area (Å²) in [6.07, 6.45) is 2.25. The first-order chi connectivity index (χ1) is 7.61. The van der Waals surface area contributed by atoms with Gasteiger partial charge in [-0.1, -0.05) is 0 Å². The van der Waals surface area contributed by atoms with Gasteiger partial charge in [-0.2, -0.15) is 11.8 Å². The molecule has 2 heterocycles. The van der Waals surface area contributed by atoms with Crippen LogP contribution in [0.1, 0.15) is 19.3 Å². The number of rotatable bonds is 2. The lowest BCUT2D eigenvalue weighted by molar-refractivity contribution is -0.139. The zero-order valence-electron chi connectivity index (χ0n) is 8.98. The number of carboxylic acids is 1. The van der Waals surface area contributed by atoms with Crippen molar-refractivity contribution in [3.63, 3.8) is 0 Å². The summed E-state index contributed by atoms with van der Waals surface area (Å²) in [6.45, 7) is 0.230. The van der Waals surface area contributed by atoms with Crippen molar-refractivity contribution in [1.82, 2.24) is 4.90 Å². The number of aliphatic carboxylic acids is 1.